The van der Waals surface area contributed by atoms with Gasteiger partial charge in [-0.05, 0) is 12.8 Å². The lowest BCUT2D eigenvalue weighted by Gasteiger charge is -2.15. The van der Waals surface area contributed by atoms with Crippen molar-refractivity contribution >= 4 is 5.97 Å². The van der Waals surface area contributed by atoms with Gasteiger partial charge < -0.3 is 14.6 Å². The molecule has 0 aliphatic rings. The van der Waals surface area contributed by atoms with Crippen LogP contribution in [0.3, 0.4) is 0 Å². The van der Waals surface area contributed by atoms with Crippen LogP contribution in [-0.2, 0) is 14.3 Å². The lowest BCUT2D eigenvalue weighted by atomic mass is 10.1. The number of carbonyl (C=O) groups excluding carboxylic acids is 1. The van der Waals surface area contributed by atoms with Crippen molar-refractivity contribution in [3.05, 3.63) is 0 Å². The van der Waals surface area contributed by atoms with Crippen molar-refractivity contribution in [2.45, 2.75) is 110 Å². The molecule has 1 N–H and O–H groups in total. The summed E-state index contributed by atoms with van der Waals surface area (Å²) in [6.07, 6.45) is 15.5. The van der Waals surface area contributed by atoms with Gasteiger partial charge in [0, 0.05) is 13.0 Å². The Hall–Kier alpha value is -0.610. The van der Waals surface area contributed by atoms with E-state index in [0.29, 0.717) is 19.6 Å². The molecule has 4 nitrogen and oxygen atoms in total. The zero-order valence-corrected chi connectivity index (χ0v) is 16.8. The average molecular weight is 359 g/mol. The van der Waals surface area contributed by atoms with Crippen molar-refractivity contribution in [3.63, 3.8) is 0 Å². The smallest absolute Gasteiger partial charge is 0.306 e. The quantitative estimate of drug-likeness (QED) is 0.248. The minimum absolute atomic E-state index is 0.167. The van der Waals surface area contributed by atoms with Crippen LogP contribution in [0.25, 0.3) is 0 Å². The Balaban J connectivity index is 3.50. The third-order valence-electron chi connectivity index (χ3n) is 4.43. The van der Waals surface area contributed by atoms with E-state index in [2.05, 4.69) is 13.8 Å². The number of rotatable bonds is 19. The number of carbonyl (C=O) groups is 1. The second-order valence-electron chi connectivity index (χ2n) is 7.01. The molecule has 0 aromatic carbocycles. The van der Waals surface area contributed by atoms with Gasteiger partial charge in [-0.1, -0.05) is 84.5 Å². The van der Waals surface area contributed by atoms with Gasteiger partial charge in [-0.15, -0.1) is 0 Å². The molecule has 0 bridgehead atoms. The molecule has 1 unspecified atom stereocenters. The highest BCUT2D eigenvalue weighted by molar-refractivity contribution is 5.69. The van der Waals surface area contributed by atoms with Crippen LogP contribution in [0.2, 0.25) is 0 Å². The van der Waals surface area contributed by atoms with Gasteiger partial charge in [0.05, 0.1) is 13.2 Å². The van der Waals surface area contributed by atoms with Gasteiger partial charge in [0.15, 0.2) is 0 Å². The van der Waals surface area contributed by atoms with Crippen molar-refractivity contribution in [1.82, 2.24) is 0 Å². The molecule has 4 heteroatoms. The van der Waals surface area contributed by atoms with Crippen molar-refractivity contribution in [1.29, 1.82) is 0 Å². The molecular weight excluding hydrogens is 316 g/mol. The Kier molecular flexibility index (Phi) is 19.2. The third-order valence-corrected chi connectivity index (χ3v) is 4.43. The first-order valence-electron chi connectivity index (χ1n) is 10.6. The number of esters is 1. The summed E-state index contributed by atoms with van der Waals surface area (Å²) in [5, 5.41) is 9.31. The Morgan fingerprint density at radius 2 is 1.32 bits per heavy atom. The van der Waals surface area contributed by atoms with E-state index in [1.165, 1.54) is 64.2 Å². The summed E-state index contributed by atoms with van der Waals surface area (Å²) in [4.78, 5) is 11.8. The molecular formula is C21H42O4. The number of unbranched alkanes of at least 4 members (excludes halogenated alkanes) is 11. The predicted molar refractivity (Wildman–Crippen MR) is 104 cm³/mol. The molecule has 0 spiro atoms. The van der Waals surface area contributed by atoms with Crippen LogP contribution in [0.5, 0.6) is 0 Å². The highest BCUT2D eigenvalue weighted by Gasteiger charge is 2.13. The Morgan fingerprint density at radius 1 is 0.800 bits per heavy atom. The Labute approximate surface area is 155 Å². The Morgan fingerprint density at radius 3 is 1.88 bits per heavy atom. The van der Waals surface area contributed by atoms with Crippen LogP contribution in [0.1, 0.15) is 104 Å². The summed E-state index contributed by atoms with van der Waals surface area (Å²) < 4.78 is 10.8. The van der Waals surface area contributed by atoms with Crippen molar-refractivity contribution < 1.29 is 19.4 Å². The molecule has 0 aromatic heterocycles. The number of ether oxygens (including phenoxy) is 2. The molecule has 1 atom stereocenters. The molecule has 0 fully saturated rings. The molecule has 0 saturated heterocycles. The standard InChI is InChI=1S/C21H42O4/c1-3-5-7-9-11-12-14-16-21(23)25-20(18-22)19-24-17-15-13-10-8-6-4-2/h20,22H,3-19H2,1-2H3. The van der Waals surface area contributed by atoms with Crippen molar-refractivity contribution in [3.8, 4) is 0 Å². The van der Waals surface area contributed by atoms with Crippen molar-refractivity contribution in [2.24, 2.45) is 0 Å². The van der Waals surface area contributed by atoms with E-state index in [1.807, 2.05) is 0 Å². The summed E-state index contributed by atoms with van der Waals surface area (Å²) in [5.74, 6) is -0.212. The topological polar surface area (TPSA) is 55.8 Å². The predicted octanol–water partition coefficient (Wildman–Crippen LogP) is 5.41. The second kappa shape index (κ2) is 19.7. The lowest BCUT2D eigenvalue weighted by molar-refractivity contribution is -0.154. The minimum Gasteiger partial charge on any atom is -0.457 e. The molecule has 0 rings (SSSR count). The fourth-order valence-electron chi connectivity index (χ4n) is 2.79. The first-order valence-corrected chi connectivity index (χ1v) is 10.6. The maximum absolute atomic E-state index is 11.8. The van der Waals surface area contributed by atoms with Crippen LogP contribution >= 0.6 is 0 Å². The van der Waals surface area contributed by atoms with Crippen LogP contribution in [0.15, 0.2) is 0 Å². The van der Waals surface area contributed by atoms with Gasteiger partial charge in [-0.3, -0.25) is 4.79 Å². The van der Waals surface area contributed by atoms with Crippen LogP contribution < -0.4 is 0 Å². The highest BCUT2D eigenvalue weighted by Crippen LogP contribution is 2.10. The van der Waals surface area contributed by atoms with Gasteiger partial charge in [0.25, 0.3) is 0 Å². The van der Waals surface area contributed by atoms with Gasteiger partial charge in [0.2, 0.25) is 0 Å². The average Bonchev–Trinajstić information content (AvgIpc) is 2.62. The van der Waals surface area contributed by atoms with E-state index in [9.17, 15) is 9.90 Å². The van der Waals surface area contributed by atoms with Crippen molar-refractivity contribution in [2.75, 3.05) is 19.8 Å². The second-order valence-corrected chi connectivity index (χ2v) is 7.01. The fourth-order valence-corrected chi connectivity index (χ4v) is 2.79. The number of aliphatic hydroxyl groups is 1. The van der Waals surface area contributed by atoms with E-state index >= 15 is 0 Å². The van der Waals surface area contributed by atoms with Gasteiger partial charge in [0.1, 0.15) is 6.10 Å². The molecule has 0 aromatic rings. The summed E-state index contributed by atoms with van der Waals surface area (Å²) in [7, 11) is 0. The van der Waals surface area contributed by atoms with E-state index in [0.717, 1.165) is 19.3 Å². The van der Waals surface area contributed by atoms with E-state index in [4.69, 9.17) is 9.47 Å². The number of hydrogen-bond donors (Lipinski definition) is 1. The number of aliphatic hydroxyl groups excluding tert-OH is 1. The lowest BCUT2D eigenvalue weighted by Crippen LogP contribution is -2.27. The first-order chi connectivity index (χ1) is 12.2. The maximum Gasteiger partial charge on any atom is 0.306 e. The number of hydrogen-bond acceptors (Lipinski definition) is 4. The summed E-state index contributed by atoms with van der Waals surface area (Å²) in [6, 6.07) is 0. The largest absolute Gasteiger partial charge is 0.457 e. The zero-order valence-electron chi connectivity index (χ0n) is 16.8. The van der Waals surface area contributed by atoms with E-state index in [1.54, 1.807) is 0 Å². The molecule has 25 heavy (non-hydrogen) atoms. The fraction of sp³-hybridized carbons (Fsp3) is 0.952. The van der Waals surface area contributed by atoms with Crippen LogP contribution in [0.4, 0.5) is 0 Å². The highest BCUT2D eigenvalue weighted by atomic mass is 16.6. The first kappa shape index (κ1) is 24.4. The van der Waals surface area contributed by atoms with E-state index < -0.39 is 6.10 Å². The minimum atomic E-state index is -0.517. The summed E-state index contributed by atoms with van der Waals surface area (Å²) in [5.41, 5.74) is 0. The van der Waals surface area contributed by atoms with Crippen LogP contribution in [0, 0.1) is 0 Å². The third kappa shape index (κ3) is 18.0. The molecule has 0 aliphatic heterocycles. The van der Waals surface area contributed by atoms with E-state index in [-0.39, 0.29) is 12.6 Å². The Bertz CT molecular complexity index is 281. The molecule has 0 aliphatic carbocycles. The van der Waals surface area contributed by atoms with Gasteiger partial charge in [-0.2, -0.15) is 0 Å². The molecule has 150 valence electrons. The summed E-state index contributed by atoms with van der Waals surface area (Å²) >= 11 is 0. The maximum atomic E-state index is 11.8. The molecule has 0 amide bonds. The monoisotopic (exact) mass is 358 g/mol. The van der Waals surface area contributed by atoms with Gasteiger partial charge >= 0.3 is 5.97 Å². The van der Waals surface area contributed by atoms with Crippen LogP contribution in [-0.4, -0.2) is 37.0 Å². The van der Waals surface area contributed by atoms with Gasteiger partial charge in [-0.25, -0.2) is 0 Å². The molecule has 0 saturated carbocycles. The molecule has 0 radical (unpaired) electrons. The normalized spacial score (nSPS) is 12.3. The zero-order chi connectivity index (χ0) is 18.6. The molecule has 0 heterocycles. The SMILES string of the molecule is CCCCCCCCCC(=O)OC(CO)COCCCCCCCC. The summed E-state index contributed by atoms with van der Waals surface area (Å²) in [6.45, 7) is 5.24.